The number of hydrogen-bond acceptors (Lipinski definition) is 12. The molecule has 72 heavy (non-hydrogen) atoms. The predicted octanol–water partition coefficient (Wildman–Crippen LogP) is 7.37. The molecular weight excluding hydrogens is 913 g/mol. The van der Waals surface area contributed by atoms with Crippen LogP contribution in [-0.2, 0) is 28.7 Å². The molecular formula is C56H52N8O8. The van der Waals surface area contributed by atoms with Crippen molar-refractivity contribution in [3.8, 4) is 0 Å². The highest BCUT2D eigenvalue weighted by atomic mass is 16.5. The van der Waals surface area contributed by atoms with Crippen LogP contribution in [0.2, 0.25) is 0 Å². The first-order valence-corrected chi connectivity index (χ1v) is 23.3. The van der Waals surface area contributed by atoms with E-state index in [0.717, 1.165) is 11.1 Å². The fourth-order valence-electron chi connectivity index (χ4n) is 8.91. The first-order chi connectivity index (χ1) is 34.9. The molecule has 3 aliphatic heterocycles. The number of nitrogens with one attached hydrogen (secondary N) is 4. The Bertz CT molecular complexity index is 2940. The van der Waals surface area contributed by atoms with Crippen molar-refractivity contribution in [2.24, 2.45) is 0 Å². The van der Waals surface area contributed by atoms with Gasteiger partial charge in [-0.2, -0.15) is 0 Å². The highest BCUT2D eigenvalue weighted by Gasteiger charge is 2.32. The van der Waals surface area contributed by atoms with E-state index in [4.69, 9.17) is 9.47 Å². The van der Waals surface area contributed by atoms with Crippen molar-refractivity contribution < 1.29 is 38.2 Å². The quantitative estimate of drug-likeness (QED) is 0.0630. The van der Waals surface area contributed by atoms with Crippen LogP contribution < -0.4 is 31.1 Å². The number of anilines is 6. The summed E-state index contributed by atoms with van der Waals surface area (Å²) in [6.45, 7) is 2.89. The average Bonchev–Trinajstić information content (AvgIpc) is 3.93. The van der Waals surface area contributed by atoms with E-state index in [0.29, 0.717) is 105 Å². The molecule has 3 aliphatic rings. The third kappa shape index (κ3) is 10.2. The predicted molar refractivity (Wildman–Crippen MR) is 279 cm³/mol. The molecule has 1 fully saturated rings. The molecule has 3 heterocycles. The van der Waals surface area contributed by atoms with Crippen molar-refractivity contribution in [3.63, 3.8) is 0 Å². The molecule has 1 saturated heterocycles. The molecule has 0 radical (unpaired) electrons. The number of esters is 2. The van der Waals surface area contributed by atoms with Crippen molar-refractivity contribution in [2.45, 2.75) is 0 Å². The summed E-state index contributed by atoms with van der Waals surface area (Å²) in [6.07, 6.45) is 0. The van der Waals surface area contributed by atoms with E-state index < -0.39 is 11.9 Å². The summed E-state index contributed by atoms with van der Waals surface area (Å²) >= 11 is 0. The van der Waals surface area contributed by atoms with Gasteiger partial charge < -0.3 is 40.5 Å². The number of hydrogen-bond donors (Lipinski definition) is 4. The lowest BCUT2D eigenvalue weighted by Crippen LogP contribution is -2.51. The number of carbonyl (C=O) groups excluding carboxylic acids is 6. The van der Waals surface area contributed by atoms with E-state index in [1.54, 1.807) is 60.3 Å². The first kappa shape index (κ1) is 48.2. The zero-order valence-corrected chi connectivity index (χ0v) is 40.2. The molecule has 4 N–H and O–H groups in total. The van der Waals surface area contributed by atoms with E-state index in [9.17, 15) is 28.8 Å². The second-order valence-corrected chi connectivity index (χ2v) is 17.4. The largest absolute Gasteiger partial charge is 0.465 e. The van der Waals surface area contributed by atoms with E-state index in [1.807, 2.05) is 109 Å². The smallest absolute Gasteiger partial charge is 0.337 e. The third-order valence-electron chi connectivity index (χ3n) is 13.0. The summed E-state index contributed by atoms with van der Waals surface area (Å²) in [4.78, 5) is 85.9. The summed E-state index contributed by atoms with van der Waals surface area (Å²) in [5, 5.41) is 12.7. The molecule has 6 aromatic carbocycles. The zero-order chi connectivity index (χ0) is 50.5. The normalized spacial score (nSPS) is 15.6. The van der Waals surface area contributed by atoms with Crippen LogP contribution in [-0.4, -0.2) is 113 Å². The number of fused-ring (bicyclic) bond motifs is 2. The Labute approximate surface area is 416 Å². The summed E-state index contributed by atoms with van der Waals surface area (Å²) in [6, 6.07) is 43.8. The first-order valence-electron chi connectivity index (χ1n) is 23.3. The summed E-state index contributed by atoms with van der Waals surface area (Å²) in [5.74, 6) is -1.77. The van der Waals surface area contributed by atoms with Gasteiger partial charge in [0, 0.05) is 74.2 Å². The molecule has 4 amide bonds. The number of nitrogens with zero attached hydrogens (tertiary/aromatic N) is 4. The van der Waals surface area contributed by atoms with Gasteiger partial charge in [-0.1, -0.05) is 72.8 Å². The van der Waals surface area contributed by atoms with Gasteiger partial charge in [0.05, 0.1) is 72.4 Å². The molecule has 364 valence electrons. The standard InChI is InChI=1S/C56H52N8O8/c1-61(41-21-17-39(18-22-41)57-51(35-11-7-5-8-12-35)49-43-25-15-37(55(69)71-3)31-45(43)59-53(49)67)47(65)33-63-27-29-64(30-28-63)34-48(66)62(2)42-23-19-40(20-24-42)58-52(36-13-9-6-10-14-36)50-44-26-16-38(56(70)72-4)32-46(44)60-54(50)68/h5-26,31-32,57-58H,27-30,33-34H2,1-4H3,(H,59,67)(H,60,68)/b51-49-,52-50-. The monoisotopic (exact) mass is 964 g/mol. The summed E-state index contributed by atoms with van der Waals surface area (Å²) < 4.78 is 9.73. The van der Waals surface area contributed by atoms with Crippen LogP contribution in [0.3, 0.4) is 0 Å². The van der Waals surface area contributed by atoms with E-state index in [-0.39, 0.29) is 36.7 Å². The maximum atomic E-state index is 13.6. The van der Waals surface area contributed by atoms with Gasteiger partial charge in [-0.15, -0.1) is 0 Å². The minimum absolute atomic E-state index is 0.0757. The maximum absolute atomic E-state index is 13.6. The average molecular weight is 965 g/mol. The van der Waals surface area contributed by atoms with Crippen molar-refractivity contribution in [3.05, 3.63) is 179 Å². The Morgan fingerprint density at radius 1 is 0.500 bits per heavy atom. The highest BCUT2D eigenvalue weighted by molar-refractivity contribution is 6.38. The van der Waals surface area contributed by atoms with Gasteiger partial charge in [0.2, 0.25) is 11.8 Å². The van der Waals surface area contributed by atoms with Gasteiger partial charge in [0.15, 0.2) is 0 Å². The van der Waals surface area contributed by atoms with Gasteiger partial charge in [0.1, 0.15) is 0 Å². The van der Waals surface area contributed by atoms with Gasteiger partial charge >= 0.3 is 11.9 Å². The number of amides is 4. The Morgan fingerprint density at radius 3 is 1.21 bits per heavy atom. The molecule has 0 atom stereocenters. The van der Waals surface area contributed by atoms with Crippen LogP contribution in [0.1, 0.15) is 43.0 Å². The fourth-order valence-corrected chi connectivity index (χ4v) is 8.91. The van der Waals surface area contributed by atoms with Gasteiger partial charge in [-0.3, -0.25) is 29.0 Å². The number of rotatable bonds is 14. The molecule has 6 aromatic rings. The summed E-state index contributed by atoms with van der Waals surface area (Å²) in [7, 11) is 6.11. The van der Waals surface area contributed by atoms with Crippen LogP contribution in [0.25, 0.3) is 22.5 Å². The molecule has 0 aromatic heterocycles. The maximum Gasteiger partial charge on any atom is 0.337 e. The molecule has 0 aliphatic carbocycles. The molecule has 0 bridgehead atoms. The zero-order valence-electron chi connectivity index (χ0n) is 40.2. The van der Waals surface area contributed by atoms with Crippen molar-refractivity contribution in [1.29, 1.82) is 0 Å². The van der Waals surface area contributed by atoms with Gasteiger partial charge in [0.25, 0.3) is 11.8 Å². The number of benzene rings is 6. The van der Waals surface area contributed by atoms with E-state index in [2.05, 4.69) is 31.1 Å². The Kier molecular flexibility index (Phi) is 14.1. The van der Waals surface area contributed by atoms with Crippen LogP contribution in [0, 0.1) is 0 Å². The fraction of sp³-hybridized carbons (Fsp3) is 0.179. The van der Waals surface area contributed by atoms with Crippen LogP contribution >= 0.6 is 0 Å². The van der Waals surface area contributed by atoms with E-state index >= 15 is 0 Å². The molecule has 0 unspecified atom stereocenters. The second-order valence-electron chi connectivity index (χ2n) is 17.4. The molecule has 0 saturated carbocycles. The van der Waals surface area contributed by atoms with Crippen molar-refractivity contribution in [1.82, 2.24) is 9.80 Å². The Hall–Kier alpha value is -8.86. The topological polar surface area (TPSA) is 182 Å². The minimum atomic E-state index is -0.499. The SMILES string of the molecule is COC(=O)c1ccc2c(c1)NC(=O)/C2=C(\Nc1ccc(N(C)C(=O)CN2CCN(CC(=O)N(C)c3ccc(N/C(=C4\C(=O)Nc5cc(C(=O)OC)ccc54)c4ccccc4)cc3)CC2)cc1)c1ccccc1. The highest BCUT2D eigenvalue weighted by Crippen LogP contribution is 2.40. The lowest BCUT2D eigenvalue weighted by molar-refractivity contribution is -0.122. The molecule has 16 nitrogen and oxygen atoms in total. The Morgan fingerprint density at radius 2 is 0.861 bits per heavy atom. The number of ether oxygens (including phenoxy) is 2. The van der Waals surface area contributed by atoms with Crippen molar-refractivity contribution >= 4 is 92.2 Å². The molecule has 0 spiro atoms. The lowest BCUT2D eigenvalue weighted by atomic mass is 9.99. The number of likely N-dealkylation sites (N-methyl/N-ethyl adjacent to an activating group) is 2. The number of piperazine rings is 1. The van der Waals surface area contributed by atoms with Gasteiger partial charge in [-0.05, 0) is 83.9 Å². The third-order valence-corrected chi connectivity index (χ3v) is 13.0. The molecule has 16 heteroatoms. The minimum Gasteiger partial charge on any atom is -0.465 e. The summed E-state index contributed by atoms with van der Waals surface area (Å²) in [5.41, 5.74) is 9.39. The van der Waals surface area contributed by atoms with Crippen LogP contribution in [0.15, 0.2) is 146 Å². The second kappa shape index (κ2) is 21.0. The molecule has 9 rings (SSSR count). The lowest BCUT2D eigenvalue weighted by Gasteiger charge is -2.35. The van der Waals surface area contributed by atoms with Crippen LogP contribution in [0.5, 0.6) is 0 Å². The number of methoxy groups -OCH3 is 2. The number of carbonyl (C=O) groups is 6. The van der Waals surface area contributed by atoms with Crippen LogP contribution in [0.4, 0.5) is 34.1 Å². The Balaban J connectivity index is 0.788. The van der Waals surface area contributed by atoms with E-state index in [1.165, 1.54) is 14.2 Å². The van der Waals surface area contributed by atoms with Crippen molar-refractivity contribution in [2.75, 3.05) is 98.7 Å². The van der Waals surface area contributed by atoms with Gasteiger partial charge in [-0.25, -0.2) is 9.59 Å².